The second-order valence-corrected chi connectivity index (χ2v) is 7.81. The van der Waals surface area contributed by atoms with E-state index in [0.29, 0.717) is 12.0 Å². The molecule has 130 valence electrons. The molecule has 0 bridgehead atoms. The summed E-state index contributed by atoms with van der Waals surface area (Å²) in [5.41, 5.74) is 2.43. The van der Waals surface area contributed by atoms with Crippen LogP contribution in [0.1, 0.15) is 42.5 Å². The molecule has 24 heavy (non-hydrogen) atoms. The van der Waals surface area contributed by atoms with Gasteiger partial charge in [-0.05, 0) is 12.0 Å². The molecular weight excluding hydrogens is 318 g/mol. The van der Waals surface area contributed by atoms with E-state index < -0.39 is 0 Å². The van der Waals surface area contributed by atoms with Crippen molar-refractivity contribution in [2.45, 2.75) is 51.4 Å². The highest BCUT2D eigenvalue weighted by molar-refractivity contribution is 7.09. The molecule has 1 aliphatic heterocycles. The Bertz CT molecular complexity index is 629. The number of rotatable bonds is 7. The summed E-state index contributed by atoms with van der Waals surface area (Å²) in [4.78, 5) is 7.05. The first kappa shape index (κ1) is 17.5. The molecule has 0 aliphatic carbocycles. The molecule has 2 atom stereocenters. The van der Waals surface area contributed by atoms with Gasteiger partial charge in [0.1, 0.15) is 0 Å². The fourth-order valence-corrected chi connectivity index (χ4v) is 4.05. The van der Waals surface area contributed by atoms with E-state index in [1.807, 2.05) is 6.07 Å². The molecular formula is C19H27N3OS. The summed E-state index contributed by atoms with van der Waals surface area (Å²) in [6, 6.07) is 10.9. The van der Waals surface area contributed by atoms with Crippen molar-refractivity contribution < 1.29 is 5.11 Å². The molecule has 0 amide bonds. The molecule has 4 nitrogen and oxygen atoms in total. The third-order valence-corrected chi connectivity index (χ3v) is 5.68. The van der Waals surface area contributed by atoms with E-state index in [9.17, 15) is 5.11 Å². The highest BCUT2D eigenvalue weighted by Gasteiger charge is 2.30. The average Bonchev–Trinajstić information content (AvgIpc) is 3.16. The highest BCUT2D eigenvalue weighted by atomic mass is 32.1. The van der Waals surface area contributed by atoms with Gasteiger partial charge < -0.3 is 10.4 Å². The predicted molar refractivity (Wildman–Crippen MR) is 99.2 cm³/mol. The molecule has 2 aromatic rings. The maximum Gasteiger partial charge on any atom is 0.0954 e. The van der Waals surface area contributed by atoms with Gasteiger partial charge in [0.25, 0.3) is 0 Å². The number of hydrogen-bond donors (Lipinski definition) is 2. The molecule has 0 saturated carbocycles. The summed E-state index contributed by atoms with van der Waals surface area (Å²) in [5.74, 6) is 0.495. The van der Waals surface area contributed by atoms with Crippen molar-refractivity contribution >= 4 is 11.3 Å². The Morgan fingerprint density at radius 2 is 2.12 bits per heavy atom. The fraction of sp³-hybridized carbons (Fsp3) is 0.526. The summed E-state index contributed by atoms with van der Waals surface area (Å²) < 4.78 is 0. The second-order valence-electron chi connectivity index (χ2n) is 6.92. The van der Waals surface area contributed by atoms with Crippen LogP contribution in [0.2, 0.25) is 0 Å². The van der Waals surface area contributed by atoms with Crippen LogP contribution in [0.25, 0.3) is 0 Å². The number of nitrogens with zero attached hydrogens (tertiary/aromatic N) is 2. The maximum atomic E-state index is 10.0. The predicted octanol–water partition coefficient (Wildman–Crippen LogP) is 2.99. The van der Waals surface area contributed by atoms with Crippen molar-refractivity contribution in [3.63, 3.8) is 0 Å². The van der Waals surface area contributed by atoms with Gasteiger partial charge in [-0.3, -0.25) is 4.90 Å². The molecule has 2 N–H and O–H groups in total. The van der Waals surface area contributed by atoms with Crippen LogP contribution in [0, 0.1) is 0 Å². The molecule has 1 aromatic heterocycles. The summed E-state index contributed by atoms with van der Waals surface area (Å²) in [7, 11) is 0. The smallest absolute Gasteiger partial charge is 0.0954 e. The van der Waals surface area contributed by atoms with E-state index in [4.69, 9.17) is 0 Å². The van der Waals surface area contributed by atoms with Gasteiger partial charge in [0.2, 0.25) is 0 Å². The van der Waals surface area contributed by atoms with Gasteiger partial charge in [-0.1, -0.05) is 44.2 Å². The number of aliphatic hydroxyl groups excluding tert-OH is 1. The zero-order valence-electron chi connectivity index (χ0n) is 14.5. The molecule has 1 aliphatic rings. The number of nitrogens with one attached hydrogen (secondary N) is 1. The second kappa shape index (κ2) is 8.21. The van der Waals surface area contributed by atoms with E-state index in [0.717, 1.165) is 38.3 Å². The number of likely N-dealkylation sites (tertiary alicyclic amines) is 1. The largest absolute Gasteiger partial charge is 0.392 e. The van der Waals surface area contributed by atoms with E-state index in [-0.39, 0.29) is 6.10 Å². The number of hydrogen-bond acceptors (Lipinski definition) is 5. The summed E-state index contributed by atoms with van der Waals surface area (Å²) in [6.07, 6.45) is 0.626. The van der Waals surface area contributed by atoms with Crippen molar-refractivity contribution in [2.75, 3.05) is 13.1 Å². The van der Waals surface area contributed by atoms with Gasteiger partial charge in [-0.2, -0.15) is 0 Å². The molecule has 1 aromatic carbocycles. The number of aromatic nitrogens is 1. The first-order valence-electron chi connectivity index (χ1n) is 8.73. The Morgan fingerprint density at radius 3 is 2.83 bits per heavy atom. The van der Waals surface area contributed by atoms with Gasteiger partial charge in [0.15, 0.2) is 0 Å². The Kier molecular flexibility index (Phi) is 6.00. The average molecular weight is 346 g/mol. The summed E-state index contributed by atoms with van der Waals surface area (Å²) in [6.45, 7) is 7.70. The number of benzene rings is 1. The van der Waals surface area contributed by atoms with Crippen LogP contribution in [-0.4, -0.2) is 40.2 Å². The molecule has 5 heteroatoms. The third kappa shape index (κ3) is 4.63. The van der Waals surface area contributed by atoms with Crippen LogP contribution >= 0.6 is 11.3 Å². The van der Waals surface area contributed by atoms with Crippen molar-refractivity contribution in [1.82, 2.24) is 15.2 Å². The monoisotopic (exact) mass is 345 g/mol. The first-order valence-corrected chi connectivity index (χ1v) is 9.61. The lowest BCUT2D eigenvalue weighted by molar-refractivity contribution is 0.172. The van der Waals surface area contributed by atoms with Crippen LogP contribution in [0.3, 0.4) is 0 Å². The Morgan fingerprint density at radius 1 is 1.33 bits per heavy atom. The normalized spacial score (nSPS) is 21.7. The van der Waals surface area contributed by atoms with Crippen LogP contribution in [-0.2, 0) is 13.1 Å². The minimum absolute atomic E-state index is 0.215. The lowest BCUT2D eigenvalue weighted by Gasteiger charge is -2.24. The third-order valence-electron chi connectivity index (χ3n) is 4.48. The maximum absolute atomic E-state index is 10.0. The van der Waals surface area contributed by atoms with Crippen molar-refractivity contribution in [3.05, 3.63) is 52.0 Å². The Hall–Kier alpha value is -1.27. The first-order chi connectivity index (χ1) is 11.6. The Labute approximate surface area is 148 Å². The molecule has 0 spiro atoms. The summed E-state index contributed by atoms with van der Waals surface area (Å²) in [5, 5.41) is 16.9. The molecule has 1 saturated heterocycles. The number of β-amino-alcohol motifs (C(OH)–C–C–N with tert-alkyl or cyclic N) is 1. The SMILES string of the molecule is CC(C)c1nc(CNCC2CC(O)CN2Cc2ccccc2)cs1. The van der Waals surface area contributed by atoms with Gasteiger partial charge in [-0.25, -0.2) is 4.98 Å². The van der Waals surface area contributed by atoms with Crippen LogP contribution < -0.4 is 5.32 Å². The van der Waals surface area contributed by atoms with Gasteiger partial charge in [-0.15, -0.1) is 11.3 Å². The molecule has 3 rings (SSSR count). The minimum atomic E-state index is -0.215. The number of aliphatic hydroxyl groups is 1. The molecule has 0 radical (unpaired) electrons. The van der Waals surface area contributed by atoms with Crippen LogP contribution in [0.15, 0.2) is 35.7 Å². The topological polar surface area (TPSA) is 48.4 Å². The van der Waals surface area contributed by atoms with Crippen LogP contribution in [0.4, 0.5) is 0 Å². The zero-order chi connectivity index (χ0) is 16.9. The molecule has 2 heterocycles. The van der Waals surface area contributed by atoms with Gasteiger partial charge in [0.05, 0.1) is 16.8 Å². The van der Waals surface area contributed by atoms with Crippen molar-refractivity contribution in [1.29, 1.82) is 0 Å². The van der Waals surface area contributed by atoms with Gasteiger partial charge in [0, 0.05) is 43.5 Å². The van der Waals surface area contributed by atoms with E-state index in [2.05, 4.69) is 58.7 Å². The van der Waals surface area contributed by atoms with Crippen LogP contribution in [0.5, 0.6) is 0 Å². The lowest BCUT2D eigenvalue weighted by Crippen LogP contribution is -2.37. The van der Waals surface area contributed by atoms with Gasteiger partial charge >= 0.3 is 0 Å². The number of thiazole rings is 1. The fourth-order valence-electron chi connectivity index (χ4n) is 3.22. The quantitative estimate of drug-likeness (QED) is 0.810. The zero-order valence-corrected chi connectivity index (χ0v) is 15.3. The molecule has 2 unspecified atom stereocenters. The highest BCUT2D eigenvalue weighted by Crippen LogP contribution is 2.21. The van der Waals surface area contributed by atoms with E-state index in [1.54, 1.807) is 11.3 Å². The lowest BCUT2D eigenvalue weighted by atomic mass is 10.1. The van der Waals surface area contributed by atoms with Crippen molar-refractivity contribution in [3.8, 4) is 0 Å². The van der Waals surface area contributed by atoms with E-state index in [1.165, 1.54) is 10.6 Å². The minimum Gasteiger partial charge on any atom is -0.392 e. The van der Waals surface area contributed by atoms with Crippen molar-refractivity contribution in [2.24, 2.45) is 0 Å². The molecule has 1 fully saturated rings. The van der Waals surface area contributed by atoms with E-state index >= 15 is 0 Å². The summed E-state index contributed by atoms with van der Waals surface area (Å²) >= 11 is 1.74. The Balaban J connectivity index is 1.51. The standard InChI is InChI=1S/C19H27N3OS/c1-14(2)19-21-16(13-24-19)9-20-10-17-8-18(23)12-22(17)11-15-6-4-3-5-7-15/h3-7,13-14,17-18,20,23H,8-12H2,1-2H3.